The number of fused-ring (bicyclic) bond motifs is 1. The first-order valence-corrected chi connectivity index (χ1v) is 10.4. The molecule has 2 aromatic rings. The molecule has 1 atom stereocenters. The van der Waals surface area contributed by atoms with E-state index in [1.807, 2.05) is 18.2 Å². The first-order chi connectivity index (χ1) is 12.3. The molecule has 3 heteroatoms. The van der Waals surface area contributed by atoms with Gasteiger partial charge in [0, 0.05) is 5.75 Å². The van der Waals surface area contributed by atoms with Crippen LogP contribution in [-0.2, 0) is 23.4 Å². The van der Waals surface area contributed by atoms with E-state index in [0.29, 0.717) is 5.75 Å². The van der Waals surface area contributed by atoms with Crippen molar-refractivity contribution in [3.63, 3.8) is 0 Å². The molecule has 0 heterocycles. The van der Waals surface area contributed by atoms with Crippen LogP contribution in [0.1, 0.15) is 54.5 Å². The molecule has 2 nitrogen and oxygen atoms in total. The minimum atomic E-state index is 0.122. The van der Waals surface area contributed by atoms with Crippen molar-refractivity contribution in [3.05, 3.63) is 70.8 Å². The van der Waals surface area contributed by atoms with Gasteiger partial charge in [0.2, 0.25) is 5.91 Å². The number of hydrogen-bond acceptors (Lipinski definition) is 2. The van der Waals surface area contributed by atoms with Gasteiger partial charge in [-0.2, -0.15) is 0 Å². The maximum Gasteiger partial charge on any atom is 0.230 e. The van der Waals surface area contributed by atoms with Crippen LogP contribution in [0.4, 0.5) is 0 Å². The Morgan fingerprint density at radius 2 is 1.84 bits per heavy atom. The fourth-order valence-corrected chi connectivity index (χ4v) is 4.26. The van der Waals surface area contributed by atoms with E-state index in [-0.39, 0.29) is 11.9 Å². The van der Waals surface area contributed by atoms with E-state index in [2.05, 4.69) is 42.6 Å². The van der Waals surface area contributed by atoms with Crippen LogP contribution in [0.5, 0.6) is 0 Å². The Balaban J connectivity index is 1.53. The van der Waals surface area contributed by atoms with Crippen LogP contribution >= 0.6 is 11.8 Å². The van der Waals surface area contributed by atoms with Gasteiger partial charge in [-0.05, 0) is 54.4 Å². The highest BCUT2D eigenvalue weighted by Crippen LogP contribution is 2.26. The molecular weight excluding hydrogens is 326 g/mol. The molecule has 132 valence electrons. The lowest BCUT2D eigenvalue weighted by atomic mass is 9.89. The normalized spacial score (nSPS) is 14.6. The lowest BCUT2D eigenvalue weighted by molar-refractivity contribution is -0.119. The highest BCUT2D eigenvalue weighted by atomic mass is 32.2. The van der Waals surface area contributed by atoms with Gasteiger partial charge in [0.25, 0.3) is 0 Å². The van der Waals surface area contributed by atoms with E-state index >= 15 is 0 Å². The van der Waals surface area contributed by atoms with E-state index in [1.165, 1.54) is 47.9 Å². The second-order valence-corrected chi connectivity index (χ2v) is 7.73. The number of hydrogen-bond donors (Lipinski definition) is 1. The topological polar surface area (TPSA) is 29.1 Å². The van der Waals surface area contributed by atoms with Crippen molar-refractivity contribution in [3.8, 4) is 0 Å². The van der Waals surface area contributed by atoms with Gasteiger partial charge in [0.05, 0.1) is 11.8 Å². The molecule has 3 rings (SSSR count). The molecule has 0 aliphatic heterocycles. The monoisotopic (exact) mass is 353 g/mol. The van der Waals surface area contributed by atoms with Crippen molar-refractivity contribution in [2.75, 3.05) is 5.75 Å². The van der Waals surface area contributed by atoms with Gasteiger partial charge in [-0.25, -0.2) is 0 Å². The van der Waals surface area contributed by atoms with Crippen molar-refractivity contribution in [2.45, 2.75) is 50.8 Å². The van der Waals surface area contributed by atoms with Gasteiger partial charge < -0.3 is 5.32 Å². The summed E-state index contributed by atoms with van der Waals surface area (Å²) in [4.78, 5) is 12.3. The Hall–Kier alpha value is -1.74. The Labute approximate surface area is 155 Å². The minimum Gasteiger partial charge on any atom is -0.349 e. The van der Waals surface area contributed by atoms with Gasteiger partial charge >= 0.3 is 0 Å². The van der Waals surface area contributed by atoms with Crippen molar-refractivity contribution in [1.29, 1.82) is 0 Å². The van der Waals surface area contributed by atoms with Gasteiger partial charge in [0.1, 0.15) is 0 Å². The lowest BCUT2D eigenvalue weighted by Crippen LogP contribution is -2.29. The van der Waals surface area contributed by atoms with Crippen molar-refractivity contribution >= 4 is 17.7 Å². The quantitative estimate of drug-likeness (QED) is 0.753. The summed E-state index contributed by atoms with van der Waals surface area (Å²) in [5.41, 5.74) is 5.50. The summed E-state index contributed by atoms with van der Waals surface area (Å²) in [6, 6.07) is 17.2. The Morgan fingerprint density at radius 1 is 1.08 bits per heavy atom. The minimum absolute atomic E-state index is 0.122. The Bertz CT molecular complexity index is 698. The summed E-state index contributed by atoms with van der Waals surface area (Å²) in [6.07, 6.45) is 5.90. The second-order valence-electron chi connectivity index (χ2n) is 6.74. The molecule has 0 radical (unpaired) electrons. The van der Waals surface area contributed by atoms with Gasteiger partial charge in [-0.1, -0.05) is 55.5 Å². The molecule has 1 aliphatic rings. The number of aryl methyl sites for hydroxylation is 2. The number of benzene rings is 2. The highest BCUT2D eigenvalue weighted by molar-refractivity contribution is 7.99. The summed E-state index contributed by atoms with van der Waals surface area (Å²) >= 11 is 1.67. The molecule has 1 aliphatic carbocycles. The smallest absolute Gasteiger partial charge is 0.230 e. The Kier molecular flexibility index (Phi) is 6.57. The number of nitrogens with one attached hydrogen (secondary N) is 1. The molecule has 1 amide bonds. The fourth-order valence-electron chi connectivity index (χ4n) is 3.46. The standard InChI is InChI=1S/C22H27NOS/c1-2-21(20-13-12-18-10-6-7-11-19(18)14-20)23-22(24)16-25-15-17-8-4-3-5-9-17/h3-5,8-9,12-14,21H,2,6-7,10-11,15-16H2,1H3,(H,23,24). The molecule has 0 fully saturated rings. The van der Waals surface area contributed by atoms with Crippen LogP contribution < -0.4 is 5.32 Å². The molecule has 2 aromatic carbocycles. The SMILES string of the molecule is CCC(NC(=O)CSCc1ccccc1)c1ccc2c(c1)CCCC2. The third kappa shape index (κ3) is 5.12. The average molecular weight is 354 g/mol. The summed E-state index contributed by atoms with van der Waals surface area (Å²) in [7, 11) is 0. The molecule has 0 saturated heterocycles. The van der Waals surface area contributed by atoms with E-state index in [4.69, 9.17) is 0 Å². The van der Waals surface area contributed by atoms with E-state index in [1.54, 1.807) is 11.8 Å². The van der Waals surface area contributed by atoms with Gasteiger partial charge in [0.15, 0.2) is 0 Å². The van der Waals surface area contributed by atoms with Crippen molar-refractivity contribution in [1.82, 2.24) is 5.32 Å². The highest BCUT2D eigenvalue weighted by Gasteiger charge is 2.16. The third-order valence-corrected chi connectivity index (χ3v) is 5.87. The molecule has 0 spiro atoms. The molecular formula is C22H27NOS. The molecule has 0 aromatic heterocycles. The number of amides is 1. The number of carbonyl (C=O) groups excluding carboxylic acids is 1. The summed E-state index contributed by atoms with van der Waals surface area (Å²) < 4.78 is 0. The predicted molar refractivity (Wildman–Crippen MR) is 107 cm³/mol. The first-order valence-electron chi connectivity index (χ1n) is 9.29. The van der Waals surface area contributed by atoms with E-state index < -0.39 is 0 Å². The largest absolute Gasteiger partial charge is 0.349 e. The molecule has 1 unspecified atom stereocenters. The van der Waals surface area contributed by atoms with Crippen LogP contribution in [0.25, 0.3) is 0 Å². The van der Waals surface area contributed by atoms with Crippen LogP contribution in [-0.4, -0.2) is 11.7 Å². The number of thioether (sulfide) groups is 1. The van der Waals surface area contributed by atoms with Gasteiger partial charge in [-0.15, -0.1) is 11.8 Å². The summed E-state index contributed by atoms with van der Waals surface area (Å²) in [6.45, 7) is 2.14. The average Bonchev–Trinajstić information content (AvgIpc) is 2.66. The first kappa shape index (κ1) is 18.1. The van der Waals surface area contributed by atoms with Gasteiger partial charge in [-0.3, -0.25) is 4.79 Å². The zero-order chi connectivity index (χ0) is 17.5. The van der Waals surface area contributed by atoms with Crippen LogP contribution in [0.3, 0.4) is 0 Å². The Morgan fingerprint density at radius 3 is 2.60 bits per heavy atom. The van der Waals surface area contributed by atoms with E-state index in [0.717, 1.165) is 12.2 Å². The zero-order valence-corrected chi connectivity index (χ0v) is 15.8. The van der Waals surface area contributed by atoms with Crippen LogP contribution in [0.2, 0.25) is 0 Å². The molecule has 0 saturated carbocycles. The summed E-state index contributed by atoms with van der Waals surface area (Å²) in [5.74, 6) is 1.52. The predicted octanol–water partition coefficient (Wildman–Crippen LogP) is 5.07. The lowest BCUT2D eigenvalue weighted by Gasteiger charge is -2.21. The second kappa shape index (κ2) is 9.10. The zero-order valence-electron chi connectivity index (χ0n) is 15.0. The van der Waals surface area contributed by atoms with Crippen molar-refractivity contribution in [2.24, 2.45) is 0 Å². The maximum absolute atomic E-state index is 12.3. The maximum atomic E-state index is 12.3. The molecule has 1 N–H and O–H groups in total. The third-order valence-electron chi connectivity index (χ3n) is 4.86. The summed E-state index contributed by atoms with van der Waals surface area (Å²) in [5, 5.41) is 3.22. The number of rotatable bonds is 7. The number of carbonyl (C=O) groups is 1. The van der Waals surface area contributed by atoms with Crippen LogP contribution in [0.15, 0.2) is 48.5 Å². The van der Waals surface area contributed by atoms with E-state index in [9.17, 15) is 4.79 Å². The van der Waals surface area contributed by atoms with Crippen molar-refractivity contribution < 1.29 is 4.79 Å². The molecule has 25 heavy (non-hydrogen) atoms. The molecule has 0 bridgehead atoms. The fraction of sp³-hybridized carbons (Fsp3) is 0.409. The van der Waals surface area contributed by atoms with Crippen LogP contribution in [0, 0.1) is 0 Å².